The van der Waals surface area contributed by atoms with Gasteiger partial charge in [0, 0.05) is 22.5 Å². The zero-order valence-corrected chi connectivity index (χ0v) is 48.0. The van der Waals surface area contributed by atoms with Gasteiger partial charge >= 0.3 is 0 Å². The lowest BCUT2D eigenvalue weighted by atomic mass is 9.68. The zero-order valence-electron chi connectivity index (χ0n) is 48.0. The Morgan fingerprint density at radius 2 is 0.679 bits per heavy atom. The smallest absolute Gasteiger partial charge is 0.0725 e. The summed E-state index contributed by atoms with van der Waals surface area (Å²) in [6.07, 6.45) is 1.13. The third-order valence-electron chi connectivity index (χ3n) is 18.3. The van der Waals surface area contributed by atoms with Crippen LogP contribution in [0.3, 0.4) is 0 Å². The fraction of sp³-hybridized carbons (Fsp3) is 0.175. The van der Waals surface area contributed by atoms with Crippen LogP contribution in [0.2, 0.25) is 0 Å². The van der Waals surface area contributed by atoms with Gasteiger partial charge in [-0.15, -0.1) is 0 Å². The average Bonchev–Trinajstić information content (AvgIpc) is 3.97. The predicted molar refractivity (Wildman–Crippen MR) is 343 cm³/mol. The molecule has 11 aromatic rings. The minimum absolute atomic E-state index is 0.111. The molecule has 81 heavy (non-hydrogen) atoms. The second kappa shape index (κ2) is 18.9. The molecule has 0 aliphatic heterocycles. The Bertz CT molecular complexity index is 4210. The lowest BCUT2D eigenvalue weighted by molar-refractivity contribution is 0.229. The van der Waals surface area contributed by atoms with Crippen LogP contribution in [-0.4, -0.2) is 0 Å². The van der Waals surface area contributed by atoms with Gasteiger partial charge in [0.1, 0.15) is 0 Å². The standard InChI is InChI=1S/C80H69N/c1-77(2,3)51-76(78(4,5)6)60-22-18-21-57(47-60)59-38-45-69-66-25-14-17-28-72(66)80(75(69)49-59)71-27-16-13-24-65(71)68-44-37-58(48-74(68)80)56-31-29-53(30-32-56)55-35-41-62(42-36-55)81(61-39-33-54(34-40-61)52-19-10-9-11-20-52)63-43-46-67-64-23-12-15-26-70(64)79(7,8)73(67)50-63/h9-50,76H,51H2,1-8H3. The first kappa shape index (κ1) is 50.4. The molecule has 0 heterocycles. The van der Waals surface area contributed by atoms with Crippen LogP contribution in [0.25, 0.3) is 77.9 Å². The summed E-state index contributed by atoms with van der Waals surface area (Å²) in [6.45, 7) is 19.1. The second-order valence-electron chi connectivity index (χ2n) is 25.9. The number of rotatable bonds is 9. The topological polar surface area (TPSA) is 3.24 Å². The average molecular weight is 1040 g/mol. The molecule has 0 amide bonds. The summed E-state index contributed by atoms with van der Waals surface area (Å²) in [5.41, 5.74) is 30.4. The molecule has 0 saturated carbocycles. The SMILES string of the molecule is CC(C)(C)CC(c1cccc(-c2ccc3c(c2)C2(c4ccccc4-c4ccc(-c5ccc(-c6ccc(N(c7ccc(-c8ccccc8)cc7)c7ccc8c(c7)C(C)(C)c7ccccc7-8)cc6)cc5)cc42)c2ccccc2-3)c1)C(C)(C)C. The van der Waals surface area contributed by atoms with Crippen molar-refractivity contribution in [3.8, 4) is 77.9 Å². The van der Waals surface area contributed by atoms with Gasteiger partial charge in [-0.05, 0) is 189 Å². The van der Waals surface area contributed by atoms with Gasteiger partial charge in [-0.25, -0.2) is 0 Å². The first-order chi connectivity index (χ1) is 39.1. The third-order valence-corrected chi connectivity index (χ3v) is 18.3. The van der Waals surface area contributed by atoms with Crippen molar-refractivity contribution in [1.82, 2.24) is 0 Å². The van der Waals surface area contributed by atoms with E-state index in [-0.39, 0.29) is 16.2 Å². The van der Waals surface area contributed by atoms with E-state index in [1.165, 1.54) is 117 Å². The maximum absolute atomic E-state index is 2.54. The highest BCUT2D eigenvalue weighted by molar-refractivity contribution is 5.97. The van der Waals surface area contributed by atoms with Gasteiger partial charge in [-0.1, -0.05) is 262 Å². The largest absolute Gasteiger partial charge is 0.310 e. The molecular formula is C80H69N. The Labute approximate surface area is 480 Å². The Kier molecular flexibility index (Phi) is 11.8. The van der Waals surface area contributed by atoms with Crippen LogP contribution in [0.15, 0.2) is 255 Å². The van der Waals surface area contributed by atoms with Crippen molar-refractivity contribution >= 4 is 17.1 Å². The van der Waals surface area contributed by atoms with Crippen LogP contribution in [0.4, 0.5) is 17.1 Å². The van der Waals surface area contributed by atoms with Gasteiger partial charge in [0.25, 0.3) is 0 Å². The number of fused-ring (bicyclic) bond motifs is 13. The van der Waals surface area contributed by atoms with Crippen molar-refractivity contribution in [2.75, 3.05) is 4.90 Å². The van der Waals surface area contributed by atoms with Crippen LogP contribution in [-0.2, 0) is 10.8 Å². The van der Waals surface area contributed by atoms with E-state index in [0.717, 1.165) is 23.5 Å². The molecule has 14 rings (SSSR count). The highest BCUT2D eigenvalue weighted by Crippen LogP contribution is 2.64. The van der Waals surface area contributed by atoms with Crippen LogP contribution < -0.4 is 4.90 Å². The maximum atomic E-state index is 2.54. The quantitative estimate of drug-likeness (QED) is 0.139. The Morgan fingerprint density at radius 3 is 1.21 bits per heavy atom. The van der Waals surface area contributed by atoms with Gasteiger partial charge in [0.05, 0.1) is 5.41 Å². The summed E-state index contributed by atoms with van der Waals surface area (Å²) in [7, 11) is 0. The van der Waals surface area contributed by atoms with Crippen molar-refractivity contribution in [3.63, 3.8) is 0 Å². The van der Waals surface area contributed by atoms with Gasteiger partial charge in [-0.3, -0.25) is 0 Å². The summed E-state index contributed by atoms with van der Waals surface area (Å²) in [5, 5.41) is 0. The predicted octanol–water partition coefficient (Wildman–Crippen LogP) is 22.0. The van der Waals surface area contributed by atoms with E-state index in [1.807, 2.05) is 0 Å². The van der Waals surface area contributed by atoms with Crippen LogP contribution in [0.1, 0.15) is 107 Å². The normalized spacial score (nSPS) is 15.6. The highest BCUT2D eigenvalue weighted by atomic mass is 15.1. The number of hydrogen-bond donors (Lipinski definition) is 0. The number of anilines is 3. The van der Waals surface area contributed by atoms with Crippen LogP contribution in [0, 0.1) is 10.8 Å². The van der Waals surface area contributed by atoms with Gasteiger partial charge in [-0.2, -0.15) is 0 Å². The summed E-state index contributed by atoms with van der Waals surface area (Å²) in [5.74, 6) is 0.434. The summed E-state index contributed by atoms with van der Waals surface area (Å²) < 4.78 is 0. The van der Waals surface area contributed by atoms with Crippen molar-refractivity contribution in [1.29, 1.82) is 0 Å². The molecule has 0 aromatic heterocycles. The number of nitrogens with zero attached hydrogens (tertiary/aromatic N) is 1. The molecule has 11 aromatic carbocycles. The summed E-state index contributed by atoms with van der Waals surface area (Å²) in [4.78, 5) is 2.41. The molecule has 1 nitrogen and oxygen atoms in total. The van der Waals surface area contributed by atoms with Crippen LogP contribution >= 0.6 is 0 Å². The third kappa shape index (κ3) is 8.34. The number of benzene rings is 11. The lowest BCUT2D eigenvalue weighted by Gasteiger charge is -2.36. The van der Waals surface area contributed by atoms with Crippen molar-refractivity contribution in [2.24, 2.45) is 10.8 Å². The Hall–Kier alpha value is -8.78. The maximum Gasteiger partial charge on any atom is 0.0725 e. The highest BCUT2D eigenvalue weighted by Gasteiger charge is 2.52. The van der Waals surface area contributed by atoms with E-state index < -0.39 is 5.41 Å². The molecule has 1 spiro atoms. The van der Waals surface area contributed by atoms with E-state index in [9.17, 15) is 0 Å². The van der Waals surface area contributed by atoms with Crippen molar-refractivity contribution < 1.29 is 0 Å². The molecule has 394 valence electrons. The van der Waals surface area contributed by atoms with E-state index in [0.29, 0.717) is 5.92 Å². The van der Waals surface area contributed by atoms with Gasteiger partial charge < -0.3 is 4.90 Å². The molecule has 0 fully saturated rings. The molecule has 0 bridgehead atoms. The minimum atomic E-state index is -0.470. The Balaban J connectivity index is 0.816. The fourth-order valence-electron chi connectivity index (χ4n) is 14.3. The van der Waals surface area contributed by atoms with Crippen molar-refractivity contribution in [2.45, 2.75) is 78.6 Å². The molecule has 3 aliphatic rings. The first-order valence-corrected chi connectivity index (χ1v) is 29.2. The first-order valence-electron chi connectivity index (χ1n) is 29.2. The van der Waals surface area contributed by atoms with Crippen LogP contribution in [0.5, 0.6) is 0 Å². The van der Waals surface area contributed by atoms with Gasteiger partial charge in [0.2, 0.25) is 0 Å². The summed E-state index contributed by atoms with van der Waals surface area (Å²) in [6, 6.07) is 96.4. The van der Waals surface area contributed by atoms with E-state index in [1.54, 1.807) is 0 Å². The molecule has 0 saturated heterocycles. The molecule has 3 aliphatic carbocycles. The molecule has 2 unspecified atom stereocenters. The Morgan fingerprint density at radius 1 is 0.309 bits per heavy atom. The minimum Gasteiger partial charge on any atom is -0.310 e. The van der Waals surface area contributed by atoms with Gasteiger partial charge in [0.15, 0.2) is 0 Å². The number of hydrogen-bond acceptors (Lipinski definition) is 1. The molecule has 0 radical (unpaired) electrons. The zero-order chi connectivity index (χ0) is 55.4. The lowest BCUT2D eigenvalue weighted by Crippen LogP contribution is -2.26. The molecule has 2 atom stereocenters. The van der Waals surface area contributed by atoms with E-state index >= 15 is 0 Å². The molecular weight excluding hydrogens is 975 g/mol. The van der Waals surface area contributed by atoms with E-state index in [4.69, 9.17) is 0 Å². The van der Waals surface area contributed by atoms with Crippen molar-refractivity contribution in [3.05, 3.63) is 294 Å². The monoisotopic (exact) mass is 1040 g/mol. The molecule has 1 heteroatoms. The second-order valence-corrected chi connectivity index (χ2v) is 25.9. The fourth-order valence-corrected chi connectivity index (χ4v) is 14.3. The van der Waals surface area contributed by atoms with E-state index in [2.05, 4.69) is 315 Å². The molecule has 0 N–H and O–H groups in total. The summed E-state index contributed by atoms with van der Waals surface area (Å²) >= 11 is 0.